The molecule has 0 aliphatic carbocycles. The molecule has 2 amide bonds. The van der Waals surface area contributed by atoms with Crippen LogP contribution in [-0.4, -0.2) is 6.03 Å². The molecule has 3 aromatic rings. The molecule has 130 valence electrons. The third-order valence-electron chi connectivity index (χ3n) is 4.03. The quantitative estimate of drug-likeness (QED) is 0.648. The maximum Gasteiger partial charge on any atom is 0.330 e. The number of carbonyl (C=O) groups is 1. The first-order chi connectivity index (χ1) is 12.6. The van der Waals surface area contributed by atoms with Gasteiger partial charge >= 0.3 is 6.03 Å². The van der Waals surface area contributed by atoms with Crippen molar-refractivity contribution in [1.82, 2.24) is 5.32 Å². The Labute approximate surface area is 153 Å². The molecule has 0 saturated heterocycles. The first-order valence-corrected chi connectivity index (χ1v) is 8.38. The van der Waals surface area contributed by atoms with Crippen molar-refractivity contribution in [3.05, 3.63) is 96.2 Å². The van der Waals surface area contributed by atoms with Crippen LogP contribution in [-0.2, 0) is 0 Å². The van der Waals surface area contributed by atoms with Gasteiger partial charge in [-0.3, -0.25) is 4.90 Å². The Balaban J connectivity index is 1.83. The molecule has 3 N–H and O–H groups in total. The van der Waals surface area contributed by atoms with Crippen molar-refractivity contribution >= 4 is 29.2 Å². The highest BCUT2D eigenvalue weighted by Crippen LogP contribution is 2.26. The van der Waals surface area contributed by atoms with Gasteiger partial charge in [0.05, 0.1) is 11.4 Å². The van der Waals surface area contributed by atoms with E-state index in [1.54, 1.807) is 23.2 Å². The minimum atomic E-state index is -0.245. The van der Waals surface area contributed by atoms with Crippen LogP contribution in [0.3, 0.4) is 0 Å². The summed E-state index contributed by atoms with van der Waals surface area (Å²) in [7, 11) is 0. The summed E-state index contributed by atoms with van der Waals surface area (Å²) in [6, 6.07) is 24.5. The zero-order valence-electron chi connectivity index (χ0n) is 14.6. The molecule has 0 aliphatic heterocycles. The molecule has 0 aromatic heterocycles. The van der Waals surface area contributed by atoms with Gasteiger partial charge in [-0.2, -0.15) is 0 Å². The number of hydrogen-bond donors (Lipinski definition) is 2. The van der Waals surface area contributed by atoms with Crippen molar-refractivity contribution in [2.75, 3.05) is 10.6 Å². The molecule has 3 rings (SSSR count). The fraction of sp³-hybridized carbons (Fsp3) is 0.0455. The van der Waals surface area contributed by atoms with E-state index in [1.807, 2.05) is 79.7 Å². The van der Waals surface area contributed by atoms with E-state index in [2.05, 4.69) is 5.32 Å². The van der Waals surface area contributed by atoms with Crippen molar-refractivity contribution in [1.29, 1.82) is 0 Å². The molecule has 0 radical (unpaired) electrons. The number of para-hydroxylation sites is 1. The largest absolute Gasteiger partial charge is 0.399 e. The van der Waals surface area contributed by atoms with E-state index in [4.69, 9.17) is 5.73 Å². The van der Waals surface area contributed by atoms with Crippen molar-refractivity contribution in [2.45, 2.75) is 6.92 Å². The number of carbonyl (C=O) groups excluding carboxylic acids is 1. The first-order valence-electron chi connectivity index (χ1n) is 8.38. The number of aryl methyl sites for hydroxylation is 1. The van der Waals surface area contributed by atoms with E-state index in [0.717, 1.165) is 22.5 Å². The second-order valence-electron chi connectivity index (χ2n) is 5.90. The summed E-state index contributed by atoms with van der Waals surface area (Å²) >= 11 is 0. The van der Waals surface area contributed by atoms with Crippen LogP contribution in [0.25, 0.3) is 6.08 Å². The van der Waals surface area contributed by atoms with Gasteiger partial charge in [0.15, 0.2) is 0 Å². The van der Waals surface area contributed by atoms with Crippen LogP contribution >= 0.6 is 0 Å². The highest BCUT2D eigenvalue weighted by molar-refractivity contribution is 6.00. The van der Waals surface area contributed by atoms with Gasteiger partial charge in [0.1, 0.15) is 0 Å². The molecule has 4 heteroatoms. The number of benzene rings is 3. The predicted molar refractivity (Wildman–Crippen MR) is 108 cm³/mol. The molecule has 0 atom stereocenters. The fourth-order valence-corrected chi connectivity index (χ4v) is 2.63. The number of rotatable bonds is 4. The molecule has 4 nitrogen and oxygen atoms in total. The number of urea groups is 1. The number of hydrogen-bond acceptors (Lipinski definition) is 2. The van der Waals surface area contributed by atoms with Gasteiger partial charge in [-0.25, -0.2) is 4.79 Å². The number of nitrogen functional groups attached to an aromatic ring is 1. The molecule has 0 fully saturated rings. The van der Waals surface area contributed by atoms with Crippen molar-refractivity contribution in [3.8, 4) is 0 Å². The first kappa shape index (κ1) is 17.3. The van der Waals surface area contributed by atoms with E-state index >= 15 is 0 Å². The summed E-state index contributed by atoms with van der Waals surface area (Å²) in [5, 5.41) is 2.85. The molecule has 26 heavy (non-hydrogen) atoms. The van der Waals surface area contributed by atoms with Gasteiger partial charge in [-0.15, -0.1) is 0 Å². The van der Waals surface area contributed by atoms with Crippen molar-refractivity contribution in [2.24, 2.45) is 0 Å². The number of amides is 2. The second kappa shape index (κ2) is 8.03. The zero-order valence-corrected chi connectivity index (χ0v) is 14.6. The number of nitrogens with one attached hydrogen (secondary N) is 1. The highest BCUT2D eigenvalue weighted by atomic mass is 16.2. The lowest BCUT2D eigenvalue weighted by molar-refractivity contribution is 0.251. The molecule has 0 bridgehead atoms. The zero-order chi connectivity index (χ0) is 18.4. The molecule has 0 heterocycles. The summed E-state index contributed by atoms with van der Waals surface area (Å²) < 4.78 is 0. The maximum atomic E-state index is 12.8. The van der Waals surface area contributed by atoms with E-state index < -0.39 is 0 Å². The minimum absolute atomic E-state index is 0.245. The average molecular weight is 343 g/mol. The van der Waals surface area contributed by atoms with Crippen LogP contribution in [0.4, 0.5) is 21.9 Å². The van der Waals surface area contributed by atoms with Crippen LogP contribution in [0.15, 0.2) is 85.1 Å². The highest BCUT2D eigenvalue weighted by Gasteiger charge is 2.16. The lowest BCUT2D eigenvalue weighted by atomic mass is 10.1. The van der Waals surface area contributed by atoms with Crippen LogP contribution in [0.1, 0.15) is 11.1 Å². The Morgan fingerprint density at radius 1 is 0.885 bits per heavy atom. The average Bonchev–Trinajstić information content (AvgIpc) is 2.66. The Morgan fingerprint density at radius 3 is 2.19 bits per heavy atom. The Bertz CT molecular complexity index is 902. The fourth-order valence-electron chi connectivity index (χ4n) is 2.63. The summed E-state index contributed by atoms with van der Waals surface area (Å²) in [5.74, 6) is 0. The van der Waals surface area contributed by atoms with Gasteiger partial charge < -0.3 is 11.1 Å². The van der Waals surface area contributed by atoms with Crippen LogP contribution in [0, 0.1) is 6.92 Å². The van der Waals surface area contributed by atoms with Gasteiger partial charge in [0.25, 0.3) is 0 Å². The summed E-state index contributed by atoms with van der Waals surface area (Å²) in [6.07, 6.45) is 3.55. The van der Waals surface area contributed by atoms with E-state index in [9.17, 15) is 4.79 Å². The van der Waals surface area contributed by atoms with Gasteiger partial charge in [0, 0.05) is 11.9 Å². The molecule has 0 unspecified atom stereocenters. The van der Waals surface area contributed by atoms with Crippen molar-refractivity contribution < 1.29 is 4.79 Å². The number of nitrogens with two attached hydrogens (primary N) is 1. The predicted octanol–water partition coefficient (Wildman–Crippen LogP) is 5.10. The third-order valence-corrected chi connectivity index (χ3v) is 4.03. The third kappa shape index (κ3) is 4.11. The van der Waals surface area contributed by atoms with Crippen LogP contribution in [0.2, 0.25) is 0 Å². The SMILES string of the molecule is Cc1ccccc1/C=C/NC(=O)N(c1ccccc1)c1ccc(N)cc1. The molecule has 0 aliphatic rings. The Hall–Kier alpha value is -3.53. The summed E-state index contributed by atoms with van der Waals surface area (Å²) in [4.78, 5) is 14.4. The number of nitrogens with zero attached hydrogens (tertiary/aromatic N) is 1. The van der Waals surface area contributed by atoms with E-state index in [1.165, 1.54) is 0 Å². The van der Waals surface area contributed by atoms with Gasteiger partial charge in [0.2, 0.25) is 0 Å². The second-order valence-corrected chi connectivity index (χ2v) is 5.90. The topological polar surface area (TPSA) is 58.4 Å². The standard InChI is InChI=1S/C22H21N3O/c1-17-7-5-6-8-18(17)15-16-24-22(26)25(20-9-3-2-4-10-20)21-13-11-19(23)12-14-21/h2-16H,23H2,1H3,(H,24,26)/b16-15+. The van der Waals surface area contributed by atoms with Gasteiger partial charge in [-0.05, 0) is 60.5 Å². The van der Waals surface area contributed by atoms with Gasteiger partial charge in [-0.1, -0.05) is 42.5 Å². The molecule has 0 saturated carbocycles. The lowest BCUT2D eigenvalue weighted by Crippen LogP contribution is -2.33. The van der Waals surface area contributed by atoms with Crippen molar-refractivity contribution in [3.63, 3.8) is 0 Å². The smallest absolute Gasteiger partial charge is 0.330 e. The molecule has 3 aromatic carbocycles. The minimum Gasteiger partial charge on any atom is -0.399 e. The molecule has 0 spiro atoms. The summed E-state index contributed by atoms with van der Waals surface area (Å²) in [6.45, 7) is 2.03. The summed E-state index contributed by atoms with van der Waals surface area (Å²) in [5.41, 5.74) is 10.2. The monoisotopic (exact) mass is 343 g/mol. The maximum absolute atomic E-state index is 12.8. The van der Waals surface area contributed by atoms with Crippen LogP contribution < -0.4 is 16.0 Å². The Kier molecular flexibility index (Phi) is 5.34. The molecular formula is C22H21N3O. The number of anilines is 3. The van der Waals surface area contributed by atoms with Crippen LogP contribution in [0.5, 0.6) is 0 Å². The molecular weight excluding hydrogens is 322 g/mol. The normalized spacial score (nSPS) is 10.7. The van der Waals surface area contributed by atoms with E-state index in [0.29, 0.717) is 5.69 Å². The lowest BCUT2D eigenvalue weighted by Gasteiger charge is -2.22. The Morgan fingerprint density at radius 2 is 1.50 bits per heavy atom. The van der Waals surface area contributed by atoms with E-state index in [-0.39, 0.29) is 6.03 Å².